The Morgan fingerprint density at radius 1 is 1.06 bits per heavy atom. The van der Waals surface area contributed by atoms with Crippen LogP contribution in [0.4, 0.5) is 0 Å². The minimum absolute atomic E-state index is 0.107. The molecule has 0 aromatic carbocycles. The molecule has 1 amide bonds. The fraction of sp³-hybridized carbons (Fsp3) is 0.947. The van der Waals surface area contributed by atoms with Gasteiger partial charge in [-0.25, -0.2) is 0 Å². The molecular formula is C38H67NO13. The second kappa shape index (κ2) is 16.3. The van der Waals surface area contributed by atoms with Crippen LogP contribution in [-0.4, -0.2) is 142 Å². The largest absolute Gasteiger partial charge is 0.459 e. The van der Waals surface area contributed by atoms with E-state index in [0.717, 1.165) is 0 Å². The lowest BCUT2D eigenvalue weighted by atomic mass is 9.76. The summed E-state index contributed by atoms with van der Waals surface area (Å²) in [4.78, 5) is 28.2. The van der Waals surface area contributed by atoms with Gasteiger partial charge in [-0.15, -0.1) is 0 Å². The van der Waals surface area contributed by atoms with Crippen molar-refractivity contribution in [1.29, 1.82) is 0 Å². The zero-order chi connectivity index (χ0) is 39.2. The quantitative estimate of drug-likeness (QED) is 0.253. The minimum atomic E-state index is -1.82. The number of esters is 1. The molecule has 4 N–H and O–H groups in total. The Kier molecular flexibility index (Phi) is 13.6. The van der Waals surface area contributed by atoms with Crippen molar-refractivity contribution in [2.75, 3.05) is 14.2 Å². The third kappa shape index (κ3) is 8.36. The maximum Gasteiger partial charge on any atom is 0.311 e. The molecule has 4 aliphatic rings. The van der Waals surface area contributed by atoms with Crippen LogP contribution < -0.4 is 0 Å². The van der Waals surface area contributed by atoms with Crippen molar-refractivity contribution in [3.8, 4) is 0 Å². The molecule has 19 atom stereocenters. The van der Waals surface area contributed by atoms with Crippen LogP contribution in [0.2, 0.25) is 0 Å². The zero-order valence-electron chi connectivity index (χ0n) is 33.5. The van der Waals surface area contributed by atoms with Gasteiger partial charge in [0.2, 0.25) is 5.91 Å². The Morgan fingerprint density at radius 2 is 1.69 bits per heavy atom. The molecule has 4 saturated heterocycles. The van der Waals surface area contributed by atoms with Crippen LogP contribution >= 0.6 is 0 Å². The van der Waals surface area contributed by atoms with Crippen molar-refractivity contribution in [3.63, 3.8) is 0 Å². The molecular weight excluding hydrogens is 678 g/mol. The topological polar surface area (TPSA) is 183 Å². The van der Waals surface area contributed by atoms with Gasteiger partial charge < -0.3 is 58.5 Å². The van der Waals surface area contributed by atoms with Gasteiger partial charge in [0.1, 0.15) is 23.9 Å². The maximum absolute atomic E-state index is 14.3. The zero-order valence-corrected chi connectivity index (χ0v) is 33.5. The number of amides is 1. The average Bonchev–Trinajstić information content (AvgIpc) is 3.40. The van der Waals surface area contributed by atoms with Crippen molar-refractivity contribution in [1.82, 2.24) is 4.90 Å². The molecule has 0 aromatic heterocycles. The number of aliphatic hydroxyl groups excluding tert-OH is 3. The number of cyclic esters (lactones) is 1. The van der Waals surface area contributed by atoms with Crippen LogP contribution in [0.3, 0.4) is 0 Å². The summed E-state index contributed by atoms with van der Waals surface area (Å²) >= 11 is 0. The molecule has 52 heavy (non-hydrogen) atoms. The summed E-state index contributed by atoms with van der Waals surface area (Å²) in [5.41, 5.74) is -3.86. The van der Waals surface area contributed by atoms with Crippen molar-refractivity contribution in [2.45, 2.75) is 192 Å². The molecule has 0 spiro atoms. The first-order chi connectivity index (χ1) is 24.0. The van der Waals surface area contributed by atoms with Gasteiger partial charge in [0.25, 0.3) is 0 Å². The predicted octanol–water partition coefficient (Wildman–Crippen LogP) is 2.54. The Bertz CT molecular complexity index is 1240. The molecule has 4 heterocycles. The summed E-state index contributed by atoms with van der Waals surface area (Å²) in [7, 11) is 3.16. The highest BCUT2D eigenvalue weighted by Crippen LogP contribution is 2.48. The number of methoxy groups -OCH3 is 1. The van der Waals surface area contributed by atoms with Gasteiger partial charge in [-0.2, -0.15) is 0 Å². The summed E-state index contributed by atoms with van der Waals surface area (Å²) in [6.45, 7) is 19.4. The summed E-state index contributed by atoms with van der Waals surface area (Å²) in [5.74, 6) is -3.13. The molecule has 4 rings (SSSR count). The maximum atomic E-state index is 14.3. The second-order valence-corrected chi connectivity index (χ2v) is 16.9. The van der Waals surface area contributed by atoms with E-state index in [1.807, 2.05) is 34.6 Å². The lowest BCUT2D eigenvalue weighted by molar-refractivity contribution is -0.318. The number of aliphatic hydroxyl groups is 4. The number of fused-ring (bicyclic) bond motifs is 2. The normalized spacial score (nSPS) is 47.9. The molecule has 4 aliphatic heterocycles. The predicted molar refractivity (Wildman–Crippen MR) is 189 cm³/mol. The van der Waals surface area contributed by atoms with Crippen molar-refractivity contribution in [2.24, 2.45) is 23.7 Å². The van der Waals surface area contributed by atoms with E-state index >= 15 is 0 Å². The van der Waals surface area contributed by atoms with Gasteiger partial charge in [0.05, 0.1) is 59.8 Å². The van der Waals surface area contributed by atoms with E-state index < -0.39 is 108 Å². The summed E-state index contributed by atoms with van der Waals surface area (Å²) < 4.78 is 44.9. The smallest absolute Gasteiger partial charge is 0.311 e. The van der Waals surface area contributed by atoms with E-state index in [1.165, 1.54) is 25.9 Å². The molecule has 0 aromatic rings. The monoisotopic (exact) mass is 745 g/mol. The first-order valence-corrected chi connectivity index (χ1v) is 19.1. The van der Waals surface area contributed by atoms with E-state index in [4.69, 9.17) is 33.2 Å². The van der Waals surface area contributed by atoms with Gasteiger partial charge in [-0.3, -0.25) is 9.59 Å². The highest BCUT2D eigenvalue weighted by molar-refractivity contribution is 5.73. The highest BCUT2D eigenvalue weighted by atomic mass is 16.7. The molecule has 7 unspecified atom stereocenters. The van der Waals surface area contributed by atoms with Crippen molar-refractivity contribution < 1.29 is 63.2 Å². The SMILES string of the molecule is CC[C@@H](O)[C@@](C)(O)[C@@H]1OC(=O)[C@H](C)[C@@H](O[C@H]2CC(C)(OC)[C@@H](O)C(C)O2)[C@H](C)[C@@H](O[C@@H]2OC(C)CC(N(C)C(C)=O)C2O)[C@]2(C)CC(C)C(O2)[C@@H]1C. The number of hydrogen-bond acceptors (Lipinski definition) is 13. The van der Waals surface area contributed by atoms with Crippen molar-refractivity contribution in [3.05, 3.63) is 0 Å². The summed E-state index contributed by atoms with van der Waals surface area (Å²) in [6.07, 6.45) is -8.61. The van der Waals surface area contributed by atoms with E-state index in [-0.39, 0.29) is 30.8 Å². The third-order valence-electron chi connectivity index (χ3n) is 12.7. The fourth-order valence-electron chi connectivity index (χ4n) is 9.31. The third-order valence-corrected chi connectivity index (χ3v) is 12.7. The van der Waals surface area contributed by atoms with Crippen LogP contribution in [0.25, 0.3) is 0 Å². The molecule has 0 aliphatic carbocycles. The first kappa shape index (κ1) is 43.3. The Balaban J connectivity index is 1.83. The molecule has 2 bridgehead atoms. The van der Waals surface area contributed by atoms with E-state index in [2.05, 4.69) is 0 Å². The number of hydrogen-bond donors (Lipinski definition) is 4. The Hall–Kier alpha value is -1.46. The molecule has 14 nitrogen and oxygen atoms in total. The standard InChI is InChI=1S/C38H67NO13/c1-14-26(41)38(11,45)33-20(4)29-18(2)16-37(10,52-29)32(51-35-28(42)25(15-19(3)47-35)39(12)24(8)40)21(5)30(22(6)34(44)50-33)49-27-17-36(9,46-13)31(43)23(7)48-27/h18-23,25-33,35,41-43,45H,14-17H2,1-13H3/t18?,19?,20-,21-,22+,23?,25?,26+,27-,28?,29?,30-,31-,32+,33+,35-,36?,37-,38+/m0/s1. The van der Waals surface area contributed by atoms with E-state index in [1.54, 1.807) is 34.7 Å². The molecule has 14 heteroatoms. The summed E-state index contributed by atoms with van der Waals surface area (Å²) in [6, 6.07) is -0.572. The first-order valence-electron chi connectivity index (χ1n) is 19.1. The van der Waals surface area contributed by atoms with Gasteiger partial charge in [0, 0.05) is 39.3 Å². The second-order valence-electron chi connectivity index (χ2n) is 16.9. The summed E-state index contributed by atoms with van der Waals surface area (Å²) in [5, 5.41) is 45.4. The molecule has 302 valence electrons. The number of carbonyl (C=O) groups excluding carboxylic acids is 2. The number of nitrogens with zero attached hydrogens (tertiary/aromatic N) is 1. The lowest BCUT2D eigenvalue weighted by Crippen LogP contribution is -2.60. The fourth-order valence-corrected chi connectivity index (χ4v) is 9.31. The number of likely N-dealkylation sites (N-methyl/N-ethyl adjacent to an activating group) is 1. The number of ether oxygens (including phenoxy) is 7. The Morgan fingerprint density at radius 3 is 2.27 bits per heavy atom. The minimum Gasteiger partial charge on any atom is -0.459 e. The molecule has 0 radical (unpaired) electrons. The molecule has 4 fully saturated rings. The van der Waals surface area contributed by atoms with Crippen LogP contribution in [0.15, 0.2) is 0 Å². The van der Waals surface area contributed by atoms with Crippen LogP contribution in [0, 0.1) is 23.7 Å². The van der Waals surface area contributed by atoms with Crippen LogP contribution in [0.1, 0.15) is 102 Å². The van der Waals surface area contributed by atoms with Gasteiger partial charge >= 0.3 is 5.97 Å². The lowest BCUT2D eigenvalue weighted by Gasteiger charge is -2.48. The number of rotatable bonds is 9. The van der Waals surface area contributed by atoms with Gasteiger partial charge in [-0.1, -0.05) is 27.7 Å². The molecule has 0 saturated carbocycles. The highest BCUT2D eigenvalue weighted by Gasteiger charge is 2.59. The van der Waals surface area contributed by atoms with Gasteiger partial charge in [0.15, 0.2) is 12.6 Å². The van der Waals surface area contributed by atoms with E-state index in [9.17, 15) is 30.0 Å². The average molecular weight is 746 g/mol. The number of carbonyl (C=O) groups is 2. The van der Waals surface area contributed by atoms with Crippen molar-refractivity contribution >= 4 is 11.9 Å². The van der Waals surface area contributed by atoms with E-state index in [0.29, 0.717) is 12.8 Å². The van der Waals surface area contributed by atoms with Crippen LogP contribution in [-0.2, 0) is 42.7 Å². The van der Waals surface area contributed by atoms with Crippen LogP contribution in [0.5, 0.6) is 0 Å². The van der Waals surface area contributed by atoms with Gasteiger partial charge in [-0.05, 0) is 66.7 Å². The Labute approximate surface area is 309 Å².